The van der Waals surface area contributed by atoms with E-state index >= 15 is 0 Å². The van der Waals surface area contributed by atoms with Crippen LogP contribution in [0.25, 0.3) is 0 Å². The number of hydrogen-bond acceptors (Lipinski definition) is 11. The van der Waals surface area contributed by atoms with Crippen LogP contribution in [-0.4, -0.2) is 69.0 Å². The van der Waals surface area contributed by atoms with E-state index in [0.717, 1.165) is 83.5 Å². The van der Waals surface area contributed by atoms with Crippen LogP contribution >= 0.6 is 11.6 Å². The first-order chi connectivity index (χ1) is 25.1. The molecular weight excluding hydrogens is 704 g/mol. The van der Waals surface area contributed by atoms with Gasteiger partial charge in [-0.2, -0.15) is 0 Å². The van der Waals surface area contributed by atoms with E-state index in [-0.39, 0.29) is 76.2 Å². The van der Waals surface area contributed by atoms with Crippen LogP contribution in [-0.2, 0) is 52.7 Å². The Kier molecular flexibility index (Phi) is 23.6. The van der Waals surface area contributed by atoms with Gasteiger partial charge < -0.3 is 0 Å². The number of ketones is 11. The first kappa shape index (κ1) is 46.9. The van der Waals surface area contributed by atoms with Gasteiger partial charge in [-0.15, -0.1) is 11.6 Å². The quantitative estimate of drug-likeness (QED) is 0.198. The summed E-state index contributed by atoms with van der Waals surface area (Å²) in [5, 5.41) is -0.153. The molecule has 12 heteroatoms. The predicted molar refractivity (Wildman–Crippen MR) is 198 cm³/mol. The van der Waals surface area contributed by atoms with Crippen molar-refractivity contribution in [1.82, 2.24) is 0 Å². The number of carbonyl (C=O) groups is 11. The Bertz CT molecular complexity index is 1420. The standard InChI is InChI=1S/C6H8O2.C6H8O.C5H7ClO.C5H6O2.C5H4O2.C5H8O.C5H6O.C4H6O/c1-4-5(7)2-3-6(4)8;1-5-2-3-6(7)4-5;6-4-2-1-3-5(4)7;2*6-4-1-2-5(7)3-4;2*6-5-3-1-2-4-5;5-4-2-1-3-4/h4H,2-3H2,1H3;4H,2-3H2,1H3;4H,1-3H2;1-3H2;1-2H,3H2;1-4H2;1,3H,2,4H2;1-3H2. The van der Waals surface area contributed by atoms with E-state index in [1.165, 1.54) is 17.7 Å². The number of alkyl halides is 1. The van der Waals surface area contributed by atoms with Gasteiger partial charge in [-0.25, -0.2) is 0 Å². The van der Waals surface area contributed by atoms with E-state index in [9.17, 15) is 52.7 Å². The fourth-order valence-electron chi connectivity index (χ4n) is 5.14. The highest BCUT2D eigenvalue weighted by atomic mass is 35.5. The number of allylic oxidation sites excluding steroid dienone is 6. The Morgan fingerprint density at radius 3 is 1.13 bits per heavy atom. The first-order valence-corrected chi connectivity index (χ1v) is 18.9. The Labute approximate surface area is 316 Å². The maximum Gasteiger partial charge on any atom is 0.163 e. The lowest BCUT2D eigenvalue weighted by Crippen LogP contribution is -2.08. The largest absolute Gasteiger partial charge is 0.300 e. The van der Waals surface area contributed by atoms with Crippen LogP contribution < -0.4 is 0 Å². The van der Waals surface area contributed by atoms with Crippen molar-refractivity contribution in [3.8, 4) is 0 Å². The zero-order valence-corrected chi connectivity index (χ0v) is 31.8. The summed E-state index contributed by atoms with van der Waals surface area (Å²) < 4.78 is 0. The molecule has 0 heterocycles. The molecule has 5 saturated carbocycles. The highest BCUT2D eigenvalue weighted by Gasteiger charge is 2.27. The topological polar surface area (TPSA) is 188 Å². The third-order valence-corrected chi connectivity index (χ3v) is 9.26. The van der Waals surface area contributed by atoms with Gasteiger partial charge in [0.05, 0.1) is 24.1 Å². The molecule has 0 radical (unpaired) electrons. The minimum absolute atomic E-state index is 0.0787. The lowest BCUT2D eigenvalue weighted by Gasteiger charge is -2.05. The zero-order valence-electron chi connectivity index (χ0n) is 31.1. The second kappa shape index (κ2) is 26.6. The summed E-state index contributed by atoms with van der Waals surface area (Å²) in [5.74, 6) is 1.64. The molecule has 290 valence electrons. The molecule has 8 aliphatic rings. The fourth-order valence-corrected chi connectivity index (χ4v) is 5.40. The molecule has 1 unspecified atom stereocenters. The van der Waals surface area contributed by atoms with Crippen molar-refractivity contribution in [2.24, 2.45) is 5.92 Å². The zero-order chi connectivity index (χ0) is 39.8. The predicted octanol–water partition coefficient (Wildman–Crippen LogP) is 6.36. The Hall–Kier alpha value is -4.12. The molecule has 53 heavy (non-hydrogen) atoms. The Balaban J connectivity index is 0.000000304. The minimum atomic E-state index is -0.296. The van der Waals surface area contributed by atoms with E-state index in [1.807, 2.05) is 13.0 Å². The van der Waals surface area contributed by atoms with Crippen molar-refractivity contribution in [3.63, 3.8) is 0 Å². The van der Waals surface area contributed by atoms with Gasteiger partial charge >= 0.3 is 0 Å². The second-order valence-corrected chi connectivity index (χ2v) is 14.2. The summed E-state index contributed by atoms with van der Waals surface area (Å²) in [6, 6.07) is 0. The van der Waals surface area contributed by atoms with Gasteiger partial charge in [-0.05, 0) is 83.1 Å². The maximum atomic E-state index is 10.6. The summed E-state index contributed by atoms with van der Waals surface area (Å²) in [4.78, 5) is 113. The van der Waals surface area contributed by atoms with Crippen LogP contribution in [0, 0.1) is 5.92 Å². The third kappa shape index (κ3) is 23.2. The highest BCUT2D eigenvalue weighted by Crippen LogP contribution is 2.19. The summed E-state index contributed by atoms with van der Waals surface area (Å²) in [6.07, 6.45) is 22.9. The minimum Gasteiger partial charge on any atom is -0.300 e. The van der Waals surface area contributed by atoms with Gasteiger partial charge in [0.1, 0.15) is 34.7 Å². The smallest absolute Gasteiger partial charge is 0.163 e. The summed E-state index contributed by atoms with van der Waals surface area (Å²) in [6.45, 7) is 3.67. The molecule has 0 amide bonds. The second-order valence-electron chi connectivity index (χ2n) is 13.7. The Morgan fingerprint density at radius 2 is 1.00 bits per heavy atom. The van der Waals surface area contributed by atoms with E-state index in [4.69, 9.17) is 11.6 Å². The molecule has 0 aliphatic heterocycles. The monoisotopic (exact) mass is 756 g/mol. The van der Waals surface area contributed by atoms with Gasteiger partial charge in [0.15, 0.2) is 28.9 Å². The number of Topliss-reactive ketones (excluding diaryl/α,β-unsaturated/α-hetero) is 7. The molecule has 5 fully saturated rings. The van der Waals surface area contributed by atoms with E-state index < -0.39 is 0 Å². The molecule has 8 aliphatic carbocycles. The number of rotatable bonds is 0. The van der Waals surface area contributed by atoms with Crippen LogP contribution in [0.1, 0.15) is 142 Å². The number of carbonyl (C=O) groups excluding carboxylic acids is 11. The van der Waals surface area contributed by atoms with Crippen LogP contribution in [0.15, 0.2) is 36.0 Å². The molecule has 0 aromatic rings. The molecular formula is C41H53ClO11. The lowest BCUT2D eigenvalue weighted by molar-refractivity contribution is -0.127. The molecule has 11 nitrogen and oxygen atoms in total. The third-order valence-electron chi connectivity index (χ3n) is 8.80. The SMILES string of the molecule is CC1=CC(=O)CC1.CC1C(=O)CCC1=O.O=C1C=CC(=O)C1.O=C1C=CCC1.O=C1CCC(=O)C1.O=C1CCC1.O=C1CCCC1.O=C1CCCC1Cl. The summed E-state index contributed by atoms with van der Waals surface area (Å²) in [5.41, 5.74) is 1.23. The molecule has 0 spiro atoms. The van der Waals surface area contributed by atoms with Crippen LogP contribution in [0.4, 0.5) is 0 Å². The number of halogens is 1. The normalized spacial score (nSPS) is 22.4. The van der Waals surface area contributed by atoms with E-state index in [0.29, 0.717) is 43.7 Å². The van der Waals surface area contributed by atoms with Crippen LogP contribution in [0.3, 0.4) is 0 Å². The molecule has 1 atom stereocenters. The van der Waals surface area contributed by atoms with Crippen LogP contribution in [0.5, 0.6) is 0 Å². The fraction of sp³-hybridized carbons (Fsp3) is 0.585. The molecule has 0 bridgehead atoms. The van der Waals surface area contributed by atoms with Crippen molar-refractivity contribution < 1.29 is 52.7 Å². The molecule has 0 aromatic heterocycles. The lowest BCUT2D eigenvalue weighted by atomic mass is 9.99. The highest BCUT2D eigenvalue weighted by molar-refractivity contribution is 6.31. The maximum absolute atomic E-state index is 10.6. The van der Waals surface area contributed by atoms with Crippen molar-refractivity contribution in [2.45, 2.75) is 148 Å². The first-order valence-electron chi connectivity index (χ1n) is 18.5. The van der Waals surface area contributed by atoms with Gasteiger partial charge in [0.25, 0.3) is 0 Å². The van der Waals surface area contributed by atoms with Gasteiger partial charge in [-0.1, -0.05) is 11.6 Å². The van der Waals surface area contributed by atoms with E-state index in [2.05, 4.69) is 0 Å². The molecule has 8 rings (SSSR count). The van der Waals surface area contributed by atoms with Gasteiger partial charge in [-0.3, -0.25) is 52.7 Å². The average Bonchev–Trinajstić information content (AvgIpc) is 3.99. The van der Waals surface area contributed by atoms with Crippen LogP contribution in [0.2, 0.25) is 0 Å². The molecule has 0 N–H and O–H groups in total. The van der Waals surface area contributed by atoms with Crippen molar-refractivity contribution in [2.75, 3.05) is 0 Å². The Morgan fingerprint density at radius 1 is 0.472 bits per heavy atom. The molecule has 0 saturated heterocycles. The van der Waals surface area contributed by atoms with Crippen molar-refractivity contribution in [3.05, 3.63) is 36.0 Å². The summed E-state index contributed by atoms with van der Waals surface area (Å²) >= 11 is 5.51. The summed E-state index contributed by atoms with van der Waals surface area (Å²) in [7, 11) is 0. The number of hydrogen-bond donors (Lipinski definition) is 0. The average molecular weight is 757 g/mol. The van der Waals surface area contributed by atoms with E-state index in [1.54, 1.807) is 19.1 Å². The molecule has 0 aromatic carbocycles. The van der Waals surface area contributed by atoms with Crippen molar-refractivity contribution >= 4 is 75.2 Å². The van der Waals surface area contributed by atoms with Gasteiger partial charge in [0.2, 0.25) is 0 Å². The van der Waals surface area contributed by atoms with Crippen molar-refractivity contribution in [1.29, 1.82) is 0 Å². The van der Waals surface area contributed by atoms with Gasteiger partial charge in [0, 0.05) is 70.6 Å².